The van der Waals surface area contributed by atoms with Crippen LogP contribution in [0.15, 0.2) is 41.6 Å². The molecule has 0 spiro atoms. The minimum absolute atomic E-state index is 0.0221. The molecule has 1 atom stereocenters. The van der Waals surface area contributed by atoms with Crippen molar-refractivity contribution >= 4 is 17.6 Å². The molecule has 0 aliphatic carbocycles. The van der Waals surface area contributed by atoms with Crippen molar-refractivity contribution in [1.29, 1.82) is 0 Å². The van der Waals surface area contributed by atoms with Crippen LogP contribution in [0.1, 0.15) is 75.2 Å². The van der Waals surface area contributed by atoms with Gasteiger partial charge in [0.2, 0.25) is 0 Å². The highest BCUT2D eigenvalue weighted by atomic mass is 16.6. The van der Waals surface area contributed by atoms with Gasteiger partial charge in [-0.15, -0.1) is 0 Å². The number of cyclic esters (lactones) is 1. The highest BCUT2D eigenvalue weighted by molar-refractivity contribution is 6.00. The number of rotatable bonds is 3. The number of likely N-dealkylation sites (tertiary alicyclic amines) is 1. The Morgan fingerprint density at radius 1 is 1.11 bits per heavy atom. The molecule has 0 bridgehead atoms. The minimum Gasteiger partial charge on any atom is -0.508 e. The third-order valence-electron chi connectivity index (χ3n) is 5.59. The SMILES string of the molecule is CC.C[C@@H]1C/C=C/CC/C=C/C(=N/OCC(=O)N2CCCCC2)Cc2cc(O)cc(O)c2C(=O)O1. The molecule has 1 saturated heterocycles. The molecule has 1 aromatic rings. The molecule has 192 valence electrons. The standard InChI is InChI=1S/C25H32N2O6.C2H6/c1-18-10-6-3-2-4-7-11-20(26-32-17-23(30)27-12-8-5-9-13-27)14-19-15-21(28)16-22(29)24(19)25(31)33-18;1-2/h3,6-7,11,15-16,18,28-29H,2,4-5,8-10,12-14,17H2,1H3;1-2H3/b6-3+,11-7+,26-20-;/t18-;/m1./s1. The van der Waals surface area contributed by atoms with Gasteiger partial charge in [0.05, 0.1) is 5.71 Å². The van der Waals surface area contributed by atoms with Crippen LogP contribution < -0.4 is 0 Å². The van der Waals surface area contributed by atoms with Crippen LogP contribution in [0.4, 0.5) is 0 Å². The Morgan fingerprint density at radius 2 is 1.83 bits per heavy atom. The third-order valence-corrected chi connectivity index (χ3v) is 5.59. The molecule has 2 aliphatic heterocycles. The highest BCUT2D eigenvalue weighted by Gasteiger charge is 2.22. The molecule has 2 heterocycles. The van der Waals surface area contributed by atoms with E-state index < -0.39 is 5.97 Å². The summed E-state index contributed by atoms with van der Waals surface area (Å²) in [5.41, 5.74) is 0.785. The monoisotopic (exact) mass is 486 g/mol. The second kappa shape index (κ2) is 14.9. The number of esters is 1. The van der Waals surface area contributed by atoms with E-state index in [9.17, 15) is 19.8 Å². The lowest BCUT2D eigenvalue weighted by molar-refractivity contribution is -0.137. The number of fused-ring (bicyclic) bond motifs is 1. The van der Waals surface area contributed by atoms with Crippen LogP contribution in [0.25, 0.3) is 0 Å². The Morgan fingerprint density at radius 3 is 2.57 bits per heavy atom. The van der Waals surface area contributed by atoms with E-state index in [1.54, 1.807) is 17.9 Å². The van der Waals surface area contributed by atoms with Crippen molar-refractivity contribution in [1.82, 2.24) is 4.90 Å². The predicted octanol–water partition coefficient (Wildman–Crippen LogP) is 4.89. The zero-order valence-corrected chi connectivity index (χ0v) is 21.0. The first kappa shape index (κ1) is 28.0. The van der Waals surface area contributed by atoms with Crippen molar-refractivity contribution in [2.45, 2.75) is 71.8 Å². The number of aromatic hydroxyl groups is 2. The van der Waals surface area contributed by atoms with Gasteiger partial charge in [-0.3, -0.25) is 4.79 Å². The van der Waals surface area contributed by atoms with E-state index in [4.69, 9.17) is 9.57 Å². The van der Waals surface area contributed by atoms with Gasteiger partial charge in [0.25, 0.3) is 5.91 Å². The van der Waals surface area contributed by atoms with Gasteiger partial charge in [-0.1, -0.05) is 37.2 Å². The largest absolute Gasteiger partial charge is 0.508 e. The lowest BCUT2D eigenvalue weighted by atomic mass is 9.99. The van der Waals surface area contributed by atoms with Crippen molar-refractivity contribution in [2.24, 2.45) is 5.16 Å². The molecule has 2 aliphatic rings. The Bertz CT molecular complexity index is 932. The lowest BCUT2D eigenvalue weighted by Crippen LogP contribution is -2.37. The van der Waals surface area contributed by atoms with Crippen LogP contribution in [-0.4, -0.2) is 58.5 Å². The molecule has 2 N–H and O–H groups in total. The Kier molecular flexibility index (Phi) is 11.9. The van der Waals surface area contributed by atoms with Crippen LogP contribution in [0.5, 0.6) is 11.5 Å². The smallest absolute Gasteiger partial charge is 0.342 e. The van der Waals surface area contributed by atoms with E-state index >= 15 is 0 Å². The molecule has 8 heteroatoms. The molecule has 0 unspecified atom stereocenters. The maximum atomic E-state index is 12.8. The minimum atomic E-state index is -0.676. The summed E-state index contributed by atoms with van der Waals surface area (Å²) < 4.78 is 5.49. The summed E-state index contributed by atoms with van der Waals surface area (Å²) in [6.07, 6.45) is 12.7. The number of benzene rings is 1. The van der Waals surface area contributed by atoms with Crippen molar-refractivity contribution in [3.05, 3.63) is 47.6 Å². The normalized spacial score (nSPS) is 22.0. The maximum absolute atomic E-state index is 12.8. The molecule has 0 aromatic heterocycles. The fourth-order valence-corrected chi connectivity index (χ4v) is 3.87. The van der Waals surface area contributed by atoms with E-state index in [0.717, 1.165) is 51.3 Å². The molecule has 8 nitrogen and oxygen atoms in total. The van der Waals surface area contributed by atoms with Gasteiger partial charge in [-0.25, -0.2) is 4.79 Å². The number of ether oxygens (including phenoxy) is 1. The number of oxime groups is 1. The first-order chi connectivity index (χ1) is 16.9. The Hall–Kier alpha value is -3.29. The van der Waals surface area contributed by atoms with Gasteiger partial charge < -0.3 is 24.7 Å². The van der Waals surface area contributed by atoms with Gasteiger partial charge >= 0.3 is 5.97 Å². The van der Waals surface area contributed by atoms with E-state index in [1.165, 1.54) is 6.07 Å². The summed E-state index contributed by atoms with van der Waals surface area (Å²) in [5.74, 6) is -1.33. The van der Waals surface area contributed by atoms with Gasteiger partial charge in [-0.2, -0.15) is 0 Å². The van der Waals surface area contributed by atoms with Gasteiger partial charge in [0.15, 0.2) is 6.61 Å². The Labute approximate surface area is 207 Å². The summed E-state index contributed by atoms with van der Waals surface area (Å²) in [6, 6.07) is 2.50. The van der Waals surface area contributed by atoms with Crippen LogP contribution in [0.3, 0.4) is 0 Å². The number of hydrogen-bond donors (Lipinski definition) is 2. The number of phenols is 2. The molecule has 1 fully saturated rings. The van der Waals surface area contributed by atoms with E-state index in [0.29, 0.717) is 17.7 Å². The van der Waals surface area contributed by atoms with Gasteiger partial charge in [0, 0.05) is 32.0 Å². The number of phenolic OH excluding ortho intramolecular Hbond substituents is 2. The average molecular weight is 487 g/mol. The van der Waals surface area contributed by atoms with E-state index in [-0.39, 0.29) is 42.1 Å². The molecule has 1 aromatic carbocycles. The van der Waals surface area contributed by atoms with Crippen molar-refractivity contribution in [3.8, 4) is 11.5 Å². The lowest BCUT2D eigenvalue weighted by Gasteiger charge is -2.26. The van der Waals surface area contributed by atoms with Gasteiger partial charge in [-0.05, 0) is 56.7 Å². The molecular weight excluding hydrogens is 448 g/mol. The molecule has 0 saturated carbocycles. The first-order valence-electron chi connectivity index (χ1n) is 12.5. The Balaban J connectivity index is 0.00000210. The fourth-order valence-electron chi connectivity index (χ4n) is 3.87. The summed E-state index contributed by atoms with van der Waals surface area (Å²) in [7, 11) is 0. The zero-order chi connectivity index (χ0) is 25.6. The van der Waals surface area contributed by atoms with Crippen LogP contribution >= 0.6 is 0 Å². The molecule has 1 amide bonds. The molecule has 3 rings (SSSR count). The van der Waals surface area contributed by atoms with E-state index in [2.05, 4.69) is 5.16 Å². The summed E-state index contributed by atoms with van der Waals surface area (Å²) in [6.45, 7) is 7.08. The number of amides is 1. The highest BCUT2D eigenvalue weighted by Crippen LogP contribution is 2.29. The summed E-state index contributed by atoms with van der Waals surface area (Å²) >= 11 is 0. The second-order valence-corrected chi connectivity index (χ2v) is 8.38. The first-order valence-corrected chi connectivity index (χ1v) is 12.5. The van der Waals surface area contributed by atoms with Gasteiger partial charge in [0.1, 0.15) is 23.2 Å². The van der Waals surface area contributed by atoms with E-state index in [1.807, 2.05) is 32.1 Å². The second-order valence-electron chi connectivity index (χ2n) is 8.38. The molecule has 0 radical (unpaired) electrons. The number of nitrogens with zero attached hydrogens (tertiary/aromatic N) is 2. The number of carbonyl (C=O) groups is 2. The van der Waals surface area contributed by atoms with Crippen LogP contribution in [-0.2, 0) is 20.8 Å². The predicted molar refractivity (Wildman–Crippen MR) is 136 cm³/mol. The number of hydrogen-bond acceptors (Lipinski definition) is 7. The summed E-state index contributed by atoms with van der Waals surface area (Å²) in [5, 5.41) is 24.5. The topological polar surface area (TPSA) is 109 Å². The summed E-state index contributed by atoms with van der Waals surface area (Å²) in [4.78, 5) is 32.3. The maximum Gasteiger partial charge on any atom is 0.342 e. The average Bonchev–Trinajstić information content (AvgIpc) is 2.84. The number of piperidine rings is 1. The van der Waals surface area contributed by atoms with Crippen molar-refractivity contribution in [2.75, 3.05) is 19.7 Å². The van der Waals surface area contributed by atoms with Crippen molar-refractivity contribution < 1.29 is 29.4 Å². The van der Waals surface area contributed by atoms with Crippen LogP contribution in [0.2, 0.25) is 0 Å². The zero-order valence-electron chi connectivity index (χ0n) is 21.0. The number of allylic oxidation sites excluding steroid dienone is 3. The van der Waals surface area contributed by atoms with Crippen LogP contribution in [0, 0.1) is 0 Å². The third kappa shape index (κ3) is 9.11. The number of carbonyl (C=O) groups excluding carboxylic acids is 2. The van der Waals surface area contributed by atoms with Crippen molar-refractivity contribution in [3.63, 3.8) is 0 Å². The molecular formula is C27H38N2O6. The fraction of sp³-hybridized carbons (Fsp3) is 0.519. The molecule has 35 heavy (non-hydrogen) atoms. The quantitative estimate of drug-likeness (QED) is 0.358.